The number of hydrogen-bond donors (Lipinski definition) is 1. The molecule has 1 aromatic rings. The average Bonchev–Trinajstić information content (AvgIpc) is 2.46. The first-order valence-electron chi connectivity index (χ1n) is 8.71. The molecule has 0 aliphatic carbocycles. The number of aryl methyl sites for hydroxylation is 1. The third-order valence-electron chi connectivity index (χ3n) is 4.61. The highest BCUT2D eigenvalue weighted by Crippen LogP contribution is 2.31. The Morgan fingerprint density at radius 1 is 1.24 bits per heavy atom. The van der Waals surface area contributed by atoms with Gasteiger partial charge >= 0.3 is 0 Å². The second kappa shape index (κ2) is 7.20. The minimum absolute atomic E-state index is 0.606. The van der Waals surface area contributed by atoms with Gasteiger partial charge in [-0.3, -0.25) is 0 Å². The molecule has 1 heterocycles. The second-order valence-corrected chi connectivity index (χ2v) is 6.94. The first kappa shape index (κ1) is 16.2. The quantitative estimate of drug-likeness (QED) is 0.785. The summed E-state index contributed by atoms with van der Waals surface area (Å²) in [7, 11) is 0. The molecule has 21 heavy (non-hydrogen) atoms. The fraction of sp³-hybridized carbons (Fsp3) is 0.684. The Kier molecular flexibility index (Phi) is 5.55. The highest BCUT2D eigenvalue weighted by molar-refractivity contribution is 5.62. The third-order valence-corrected chi connectivity index (χ3v) is 4.61. The largest absolute Gasteiger partial charge is 0.382 e. The van der Waals surface area contributed by atoms with Crippen LogP contribution in [0.3, 0.4) is 0 Å². The van der Waals surface area contributed by atoms with E-state index in [4.69, 9.17) is 0 Å². The van der Waals surface area contributed by atoms with Crippen molar-refractivity contribution in [2.75, 3.05) is 16.8 Å². The summed E-state index contributed by atoms with van der Waals surface area (Å²) < 4.78 is 0. The Bertz CT molecular complexity index is 449. The molecule has 2 nitrogen and oxygen atoms in total. The molecule has 118 valence electrons. The lowest BCUT2D eigenvalue weighted by molar-refractivity contribution is 0.507. The minimum atomic E-state index is 0.606. The molecular weight excluding hydrogens is 256 g/mol. The van der Waals surface area contributed by atoms with Crippen LogP contribution in [0, 0.1) is 5.92 Å². The van der Waals surface area contributed by atoms with Crippen molar-refractivity contribution in [3.8, 4) is 0 Å². The number of nitrogens with one attached hydrogen (secondary N) is 1. The Balaban J connectivity index is 2.27. The highest BCUT2D eigenvalue weighted by Gasteiger charge is 2.20. The van der Waals surface area contributed by atoms with Crippen molar-refractivity contribution in [2.45, 2.75) is 72.4 Å². The van der Waals surface area contributed by atoms with Crippen LogP contribution in [0.1, 0.15) is 59.4 Å². The van der Waals surface area contributed by atoms with Crippen molar-refractivity contribution in [3.05, 3.63) is 23.8 Å². The van der Waals surface area contributed by atoms with Gasteiger partial charge in [0.15, 0.2) is 0 Å². The van der Waals surface area contributed by atoms with Gasteiger partial charge in [-0.25, -0.2) is 0 Å². The van der Waals surface area contributed by atoms with E-state index in [-0.39, 0.29) is 0 Å². The van der Waals surface area contributed by atoms with Crippen LogP contribution < -0.4 is 10.2 Å². The molecule has 0 saturated carbocycles. The van der Waals surface area contributed by atoms with E-state index in [0.29, 0.717) is 18.0 Å². The van der Waals surface area contributed by atoms with Crippen LogP contribution in [-0.4, -0.2) is 18.6 Å². The molecule has 0 saturated heterocycles. The van der Waals surface area contributed by atoms with Crippen molar-refractivity contribution >= 4 is 11.4 Å². The third kappa shape index (κ3) is 3.93. The zero-order chi connectivity index (χ0) is 15.4. The van der Waals surface area contributed by atoms with Gasteiger partial charge in [0.25, 0.3) is 0 Å². The van der Waals surface area contributed by atoms with Crippen molar-refractivity contribution in [1.29, 1.82) is 0 Å². The topological polar surface area (TPSA) is 15.3 Å². The molecule has 1 unspecified atom stereocenters. The van der Waals surface area contributed by atoms with E-state index in [0.717, 1.165) is 6.54 Å². The van der Waals surface area contributed by atoms with Crippen LogP contribution in [0.15, 0.2) is 18.2 Å². The molecule has 1 N–H and O–H groups in total. The number of rotatable bonds is 6. The number of fused-ring (bicyclic) bond motifs is 1. The number of benzene rings is 1. The summed E-state index contributed by atoms with van der Waals surface area (Å²) >= 11 is 0. The van der Waals surface area contributed by atoms with Gasteiger partial charge < -0.3 is 10.2 Å². The van der Waals surface area contributed by atoms with Gasteiger partial charge in [-0.15, -0.1) is 0 Å². The van der Waals surface area contributed by atoms with Gasteiger partial charge in [0.2, 0.25) is 0 Å². The van der Waals surface area contributed by atoms with Gasteiger partial charge in [-0.2, -0.15) is 0 Å². The van der Waals surface area contributed by atoms with E-state index in [9.17, 15) is 0 Å². The molecule has 0 amide bonds. The first-order valence-corrected chi connectivity index (χ1v) is 8.71. The van der Waals surface area contributed by atoms with Crippen molar-refractivity contribution in [1.82, 2.24) is 0 Å². The van der Waals surface area contributed by atoms with Crippen LogP contribution in [-0.2, 0) is 6.42 Å². The summed E-state index contributed by atoms with van der Waals surface area (Å²) in [4.78, 5) is 2.63. The van der Waals surface area contributed by atoms with Gasteiger partial charge in [-0.1, -0.05) is 27.7 Å². The summed E-state index contributed by atoms with van der Waals surface area (Å²) in [5, 5.41) is 3.61. The molecule has 0 spiro atoms. The predicted molar refractivity (Wildman–Crippen MR) is 94.4 cm³/mol. The molecule has 0 aromatic heterocycles. The molecule has 2 heteroatoms. The second-order valence-electron chi connectivity index (χ2n) is 6.94. The lowest BCUT2D eigenvalue weighted by Crippen LogP contribution is -2.37. The van der Waals surface area contributed by atoms with E-state index < -0.39 is 0 Å². The Morgan fingerprint density at radius 3 is 2.57 bits per heavy atom. The van der Waals surface area contributed by atoms with Crippen molar-refractivity contribution in [3.63, 3.8) is 0 Å². The van der Waals surface area contributed by atoms with E-state index in [1.54, 1.807) is 0 Å². The standard InChI is InChI=1S/C19H32N2/c1-6-17(7-2)21(13-14(3)4)18-10-11-19-16(12-18)9-8-15(5)20-19/h10-12,14-15,17,20H,6-9,13H2,1-5H3. The van der Waals surface area contributed by atoms with Crippen LogP contribution in [0.4, 0.5) is 11.4 Å². The first-order chi connectivity index (χ1) is 10.0. The van der Waals surface area contributed by atoms with Gasteiger partial charge in [0.1, 0.15) is 0 Å². The smallest absolute Gasteiger partial charge is 0.0376 e. The molecule has 1 aromatic carbocycles. The molecule has 2 rings (SSSR count). The maximum atomic E-state index is 3.61. The molecule has 1 aliphatic rings. The van der Waals surface area contributed by atoms with E-state index in [2.05, 4.69) is 63.0 Å². The summed E-state index contributed by atoms with van der Waals surface area (Å²) in [5.74, 6) is 0.694. The maximum absolute atomic E-state index is 3.61. The molecule has 0 fully saturated rings. The number of hydrogen-bond acceptors (Lipinski definition) is 2. The summed E-state index contributed by atoms with van der Waals surface area (Å²) in [6, 6.07) is 8.28. The normalized spacial score (nSPS) is 17.8. The van der Waals surface area contributed by atoms with Crippen molar-refractivity contribution in [2.24, 2.45) is 5.92 Å². The summed E-state index contributed by atoms with van der Waals surface area (Å²) in [6.45, 7) is 12.7. The SMILES string of the molecule is CCC(CC)N(CC(C)C)c1ccc2c(c1)CCC(C)N2. The molecule has 0 bridgehead atoms. The summed E-state index contributed by atoms with van der Waals surface area (Å²) in [6.07, 6.45) is 4.88. The van der Waals surface area contributed by atoms with E-state index >= 15 is 0 Å². The zero-order valence-electron chi connectivity index (χ0n) is 14.4. The monoisotopic (exact) mass is 288 g/mol. The lowest BCUT2D eigenvalue weighted by Gasteiger charge is -2.35. The average molecular weight is 288 g/mol. The number of nitrogens with zero attached hydrogens (tertiary/aromatic N) is 1. The van der Waals surface area contributed by atoms with E-state index in [1.807, 2.05) is 0 Å². The van der Waals surface area contributed by atoms with Crippen LogP contribution in [0.2, 0.25) is 0 Å². The van der Waals surface area contributed by atoms with Crippen LogP contribution in [0.5, 0.6) is 0 Å². The Hall–Kier alpha value is -1.18. The lowest BCUT2D eigenvalue weighted by atomic mass is 9.97. The van der Waals surface area contributed by atoms with Gasteiger partial charge in [-0.05, 0) is 62.3 Å². The molecule has 0 radical (unpaired) electrons. The van der Waals surface area contributed by atoms with Gasteiger partial charge in [0, 0.05) is 30.0 Å². The fourth-order valence-electron chi connectivity index (χ4n) is 3.40. The van der Waals surface area contributed by atoms with Crippen LogP contribution >= 0.6 is 0 Å². The fourth-order valence-corrected chi connectivity index (χ4v) is 3.40. The molecular formula is C19H32N2. The van der Waals surface area contributed by atoms with Crippen molar-refractivity contribution < 1.29 is 0 Å². The Labute approximate surface area is 130 Å². The Morgan fingerprint density at radius 2 is 1.95 bits per heavy atom. The molecule has 1 atom stereocenters. The molecule has 1 aliphatic heterocycles. The minimum Gasteiger partial charge on any atom is -0.382 e. The highest BCUT2D eigenvalue weighted by atomic mass is 15.2. The predicted octanol–water partition coefficient (Wildman–Crippen LogP) is 5.08. The maximum Gasteiger partial charge on any atom is 0.0376 e. The van der Waals surface area contributed by atoms with Gasteiger partial charge in [0.05, 0.1) is 0 Å². The summed E-state index contributed by atoms with van der Waals surface area (Å²) in [5.41, 5.74) is 4.24. The zero-order valence-corrected chi connectivity index (χ0v) is 14.4. The van der Waals surface area contributed by atoms with Crippen LogP contribution in [0.25, 0.3) is 0 Å². The van der Waals surface area contributed by atoms with E-state index in [1.165, 1.54) is 42.6 Å². The number of anilines is 2.